The van der Waals surface area contributed by atoms with Crippen molar-refractivity contribution in [2.24, 2.45) is 11.8 Å². The molecule has 0 aliphatic heterocycles. The largest absolute Gasteiger partial charge is 0.497 e. The van der Waals surface area contributed by atoms with E-state index in [9.17, 15) is 14.7 Å². The Hall–Kier alpha value is -3.45. The number of hydrogen-bond donors (Lipinski definition) is 2. The van der Waals surface area contributed by atoms with E-state index in [1.165, 1.54) is 10.9 Å². The van der Waals surface area contributed by atoms with E-state index in [0.29, 0.717) is 0 Å². The van der Waals surface area contributed by atoms with Crippen molar-refractivity contribution in [3.05, 3.63) is 60.2 Å². The average molecular weight is 480 g/mol. The van der Waals surface area contributed by atoms with Gasteiger partial charge in [0.05, 0.1) is 36.3 Å². The number of carbonyl (C=O) groups excluding carboxylic acids is 1. The van der Waals surface area contributed by atoms with E-state index in [1.807, 2.05) is 30.3 Å². The Morgan fingerprint density at radius 2 is 1.66 bits per heavy atom. The number of aromatic nitrogens is 1. The molecule has 1 fully saturated rings. The monoisotopic (exact) mass is 479 g/mol. The lowest BCUT2D eigenvalue weighted by molar-refractivity contribution is -0.165. The predicted molar refractivity (Wildman–Crippen MR) is 134 cm³/mol. The molecule has 2 unspecified atom stereocenters. The number of benzene rings is 2. The van der Waals surface area contributed by atoms with Crippen LogP contribution in [0.1, 0.15) is 39.2 Å². The molecule has 186 valence electrons. The fraction of sp³-hybridized carbons (Fsp3) is 0.393. The number of esters is 1. The second-order valence-corrected chi connectivity index (χ2v) is 9.78. The zero-order chi connectivity index (χ0) is 25.8. The van der Waals surface area contributed by atoms with Crippen LogP contribution in [0.25, 0.3) is 22.2 Å². The molecule has 3 atom stereocenters. The minimum Gasteiger partial charge on any atom is -0.497 e. The summed E-state index contributed by atoms with van der Waals surface area (Å²) in [6.45, 7) is 7.30. The van der Waals surface area contributed by atoms with Crippen molar-refractivity contribution in [3.8, 4) is 17.0 Å². The zero-order valence-electron chi connectivity index (χ0n) is 20.8. The highest BCUT2D eigenvalue weighted by Gasteiger charge is 2.44. The molecule has 1 aromatic heterocycles. The quantitative estimate of drug-likeness (QED) is 0.506. The molecule has 35 heavy (non-hydrogen) atoms. The predicted octanol–water partition coefficient (Wildman–Crippen LogP) is 5.02. The van der Waals surface area contributed by atoms with E-state index < -0.39 is 35.5 Å². The molecule has 1 heterocycles. The average Bonchev–Trinajstić information content (AvgIpc) is 3.21. The van der Waals surface area contributed by atoms with Crippen LogP contribution in [0, 0.1) is 18.8 Å². The molecule has 7 nitrogen and oxygen atoms in total. The third-order valence-corrected chi connectivity index (χ3v) is 5.86. The van der Waals surface area contributed by atoms with Crippen molar-refractivity contribution in [1.29, 1.82) is 0 Å². The lowest BCUT2D eigenvalue weighted by atomic mass is 9.96. The van der Waals surface area contributed by atoms with Gasteiger partial charge in [0.15, 0.2) is 0 Å². The van der Waals surface area contributed by atoms with Gasteiger partial charge in [-0.3, -0.25) is 9.59 Å². The SMILES string of the molecule is CC(C)(C)OC(=O)C1C[C@H](O)CC1C(=O)O.COc1ccc2c(C)cc(-c3ccccc3)nc2c1. The lowest BCUT2D eigenvalue weighted by Crippen LogP contribution is -2.32. The number of carboxylic acid groups (broad SMARTS) is 1. The summed E-state index contributed by atoms with van der Waals surface area (Å²) in [5.74, 6) is -2.30. The summed E-state index contributed by atoms with van der Waals surface area (Å²) in [6.07, 6.45) is -0.427. The van der Waals surface area contributed by atoms with Crippen LogP contribution >= 0.6 is 0 Å². The van der Waals surface area contributed by atoms with Crippen LogP contribution in [0.3, 0.4) is 0 Å². The van der Waals surface area contributed by atoms with Gasteiger partial charge in [-0.15, -0.1) is 0 Å². The molecular weight excluding hydrogens is 446 g/mol. The second kappa shape index (κ2) is 10.9. The highest BCUT2D eigenvalue weighted by molar-refractivity contribution is 5.86. The number of rotatable bonds is 4. The molecule has 4 rings (SSSR count). The molecule has 0 saturated heterocycles. The van der Waals surface area contributed by atoms with Gasteiger partial charge < -0.3 is 19.7 Å². The van der Waals surface area contributed by atoms with Gasteiger partial charge in [-0.2, -0.15) is 0 Å². The van der Waals surface area contributed by atoms with Crippen molar-refractivity contribution in [1.82, 2.24) is 4.98 Å². The number of fused-ring (bicyclic) bond motifs is 1. The fourth-order valence-corrected chi connectivity index (χ4v) is 4.19. The Morgan fingerprint density at radius 1 is 1.00 bits per heavy atom. The normalized spacial score (nSPS) is 19.5. The summed E-state index contributed by atoms with van der Waals surface area (Å²) < 4.78 is 10.4. The molecule has 7 heteroatoms. The molecular formula is C28H33NO6. The van der Waals surface area contributed by atoms with Gasteiger partial charge in [-0.1, -0.05) is 30.3 Å². The van der Waals surface area contributed by atoms with Crippen molar-refractivity contribution in [3.63, 3.8) is 0 Å². The number of carbonyl (C=O) groups is 2. The van der Waals surface area contributed by atoms with Gasteiger partial charge in [0, 0.05) is 17.0 Å². The van der Waals surface area contributed by atoms with Crippen LogP contribution in [0.15, 0.2) is 54.6 Å². The van der Waals surface area contributed by atoms with Crippen LogP contribution in [-0.4, -0.2) is 46.0 Å². The van der Waals surface area contributed by atoms with Gasteiger partial charge in [0.2, 0.25) is 0 Å². The molecule has 2 N–H and O–H groups in total. The third-order valence-electron chi connectivity index (χ3n) is 5.86. The van der Waals surface area contributed by atoms with Crippen LogP contribution < -0.4 is 4.74 Å². The summed E-state index contributed by atoms with van der Waals surface area (Å²) in [5, 5.41) is 19.5. The highest BCUT2D eigenvalue weighted by atomic mass is 16.6. The Bertz CT molecular complexity index is 1190. The maximum absolute atomic E-state index is 11.7. The number of pyridine rings is 1. The molecule has 0 radical (unpaired) electrons. The van der Waals surface area contributed by atoms with Gasteiger partial charge in [-0.05, 0) is 64.3 Å². The van der Waals surface area contributed by atoms with Crippen molar-refractivity contribution < 1.29 is 29.3 Å². The Balaban J connectivity index is 0.000000199. The molecule has 0 bridgehead atoms. The first-order valence-electron chi connectivity index (χ1n) is 11.6. The number of aryl methyl sites for hydroxylation is 1. The van der Waals surface area contributed by atoms with E-state index in [0.717, 1.165) is 22.5 Å². The molecule has 0 amide bonds. The molecule has 1 saturated carbocycles. The molecule has 3 aromatic rings. The number of nitrogens with zero attached hydrogens (tertiary/aromatic N) is 1. The fourth-order valence-electron chi connectivity index (χ4n) is 4.19. The van der Waals surface area contributed by atoms with Crippen LogP contribution in [0.5, 0.6) is 5.75 Å². The standard InChI is InChI=1S/C17H15NO.C11H18O5/c1-12-10-16(13-6-4-3-5-7-13)18-17-11-14(19-2)8-9-15(12)17;1-11(2,3)16-10(15)8-5-6(12)4-7(8)9(13)14/h3-11H,1-2H3;6-8,12H,4-5H2,1-3H3,(H,13,14)/t;6-,7?,8?/m.1/s1. The summed E-state index contributed by atoms with van der Waals surface area (Å²) in [4.78, 5) is 27.4. The zero-order valence-corrected chi connectivity index (χ0v) is 20.8. The van der Waals surface area contributed by atoms with Crippen molar-refractivity contribution in [2.75, 3.05) is 7.11 Å². The van der Waals surface area contributed by atoms with E-state index >= 15 is 0 Å². The summed E-state index contributed by atoms with van der Waals surface area (Å²) in [5.41, 5.74) is 3.70. The number of aliphatic carboxylic acids is 1. The Kier molecular flexibility index (Phi) is 8.12. The van der Waals surface area contributed by atoms with E-state index in [1.54, 1.807) is 27.9 Å². The van der Waals surface area contributed by atoms with Gasteiger partial charge >= 0.3 is 11.9 Å². The van der Waals surface area contributed by atoms with E-state index in [4.69, 9.17) is 19.6 Å². The number of hydrogen-bond acceptors (Lipinski definition) is 6. The summed E-state index contributed by atoms with van der Waals surface area (Å²) in [6, 6.07) is 18.4. The molecule has 1 aliphatic carbocycles. The smallest absolute Gasteiger partial charge is 0.310 e. The highest BCUT2D eigenvalue weighted by Crippen LogP contribution is 2.34. The van der Waals surface area contributed by atoms with Crippen LogP contribution in [0.4, 0.5) is 0 Å². The van der Waals surface area contributed by atoms with Gasteiger partial charge in [0.25, 0.3) is 0 Å². The maximum atomic E-state index is 11.7. The molecule has 2 aromatic carbocycles. The second-order valence-electron chi connectivity index (χ2n) is 9.78. The van der Waals surface area contributed by atoms with Crippen molar-refractivity contribution >= 4 is 22.8 Å². The molecule has 1 aliphatic rings. The number of ether oxygens (including phenoxy) is 2. The number of carboxylic acids is 1. The minimum absolute atomic E-state index is 0.124. The minimum atomic E-state index is -1.05. The van der Waals surface area contributed by atoms with Gasteiger partial charge in [-0.25, -0.2) is 4.98 Å². The van der Waals surface area contributed by atoms with Crippen LogP contribution in [-0.2, 0) is 14.3 Å². The first-order chi connectivity index (χ1) is 16.5. The van der Waals surface area contributed by atoms with E-state index in [2.05, 4.69) is 31.2 Å². The van der Waals surface area contributed by atoms with E-state index in [-0.39, 0.29) is 12.8 Å². The van der Waals surface area contributed by atoms with Crippen molar-refractivity contribution in [2.45, 2.75) is 52.2 Å². The Labute approximate surface area is 205 Å². The maximum Gasteiger partial charge on any atom is 0.310 e. The third kappa shape index (κ3) is 6.79. The molecule has 0 spiro atoms. The Morgan fingerprint density at radius 3 is 2.26 bits per heavy atom. The first kappa shape index (κ1) is 26.2. The number of methoxy groups -OCH3 is 1. The van der Waals surface area contributed by atoms with Gasteiger partial charge in [0.1, 0.15) is 11.4 Å². The van der Waals surface area contributed by atoms with Crippen LogP contribution in [0.2, 0.25) is 0 Å². The first-order valence-corrected chi connectivity index (χ1v) is 11.6. The lowest BCUT2D eigenvalue weighted by Gasteiger charge is -2.23. The summed E-state index contributed by atoms with van der Waals surface area (Å²) >= 11 is 0. The summed E-state index contributed by atoms with van der Waals surface area (Å²) in [7, 11) is 1.68. The number of aliphatic hydroxyl groups is 1. The topological polar surface area (TPSA) is 106 Å². The number of aliphatic hydroxyl groups excluding tert-OH is 1.